The first-order valence-corrected chi connectivity index (χ1v) is 5.95. The van der Waals surface area contributed by atoms with Gasteiger partial charge in [-0.1, -0.05) is 18.2 Å². The van der Waals surface area contributed by atoms with Gasteiger partial charge in [0, 0.05) is 0 Å². The van der Waals surface area contributed by atoms with Gasteiger partial charge >= 0.3 is 0 Å². The summed E-state index contributed by atoms with van der Waals surface area (Å²) in [7, 11) is 0. The molecule has 4 nitrogen and oxygen atoms in total. The maximum atomic E-state index is 11.3. The number of hydrogen-bond acceptors (Lipinski definition) is 4. The van der Waals surface area contributed by atoms with Crippen LogP contribution in [0.4, 0.5) is 4.79 Å². The number of carbonyl (C=O) groups is 2. The van der Waals surface area contributed by atoms with E-state index in [2.05, 4.69) is 4.90 Å². The number of nitrogens with zero attached hydrogens (tertiary/aromatic N) is 2. The van der Waals surface area contributed by atoms with E-state index in [1.54, 1.807) is 0 Å². The van der Waals surface area contributed by atoms with Gasteiger partial charge in [0.05, 0.1) is 12.4 Å². The second-order valence-electron chi connectivity index (χ2n) is 3.70. The fourth-order valence-corrected chi connectivity index (χ4v) is 2.54. The van der Waals surface area contributed by atoms with Crippen molar-refractivity contribution in [1.82, 2.24) is 9.80 Å². The van der Waals surface area contributed by atoms with Crippen LogP contribution in [0.3, 0.4) is 0 Å². The summed E-state index contributed by atoms with van der Waals surface area (Å²) >= 11 is 1.11. The smallest absolute Gasteiger partial charge is 0.286 e. The molecule has 0 aromatic rings. The summed E-state index contributed by atoms with van der Waals surface area (Å²) < 4.78 is 0. The first-order chi connectivity index (χ1) is 6.77. The second kappa shape index (κ2) is 4.31. The number of amides is 2. The highest BCUT2D eigenvalue weighted by Crippen LogP contribution is 2.20. The van der Waals surface area contributed by atoms with E-state index in [0.717, 1.165) is 24.9 Å². The third-order valence-electron chi connectivity index (χ3n) is 2.63. The molecule has 2 heterocycles. The van der Waals surface area contributed by atoms with Crippen LogP contribution in [0.25, 0.3) is 0 Å². The Morgan fingerprint density at radius 3 is 2.43 bits per heavy atom. The number of imide groups is 1. The van der Waals surface area contributed by atoms with Crippen LogP contribution in [0.15, 0.2) is 0 Å². The van der Waals surface area contributed by atoms with E-state index in [-0.39, 0.29) is 11.1 Å². The molecule has 0 unspecified atom stereocenters. The number of rotatable bonds is 2. The molecule has 0 aromatic heterocycles. The van der Waals surface area contributed by atoms with Crippen molar-refractivity contribution in [2.75, 3.05) is 25.5 Å². The van der Waals surface area contributed by atoms with Gasteiger partial charge in [0.25, 0.3) is 5.24 Å². The zero-order valence-electron chi connectivity index (χ0n) is 8.07. The van der Waals surface area contributed by atoms with Crippen molar-refractivity contribution < 1.29 is 9.59 Å². The Bertz CT molecular complexity index is 235. The molecule has 78 valence electrons. The molecule has 14 heavy (non-hydrogen) atoms. The van der Waals surface area contributed by atoms with E-state index in [1.165, 1.54) is 24.2 Å². The van der Waals surface area contributed by atoms with E-state index >= 15 is 0 Å². The van der Waals surface area contributed by atoms with Gasteiger partial charge in [-0.3, -0.25) is 19.4 Å². The Morgan fingerprint density at radius 1 is 1.14 bits per heavy atom. The molecule has 2 amide bonds. The highest BCUT2D eigenvalue weighted by atomic mass is 32.2. The maximum absolute atomic E-state index is 11.3. The van der Waals surface area contributed by atoms with Crippen LogP contribution >= 0.6 is 11.8 Å². The van der Waals surface area contributed by atoms with Crippen molar-refractivity contribution in [1.29, 1.82) is 0 Å². The summed E-state index contributed by atoms with van der Waals surface area (Å²) in [5.74, 6) is 0.290. The average Bonchev–Trinajstić information content (AvgIpc) is 2.51. The minimum atomic E-state index is -0.0828. The minimum absolute atomic E-state index is 0.0365. The lowest BCUT2D eigenvalue weighted by Crippen LogP contribution is -2.42. The van der Waals surface area contributed by atoms with Gasteiger partial charge in [-0.2, -0.15) is 0 Å². The maximum Gasteiger partial charge on any atom is 0.289 e. The van der Waals surface area contributed by atoms with E-state index in [9.17, 15) is 9.59 Å². The predicted octanol–water partition coefficient (Wildman–Crippen LogP) is 1.13. The summed E-state index contributed by atoms with van der Waals surface area (Å²) in [5.41, 5.74) is 0. The standard InChI is InChI=1S/C9H14N2O2S/c12-8-6-14-9(13)11(8)7-10-4-2-1-3-5-10/h1-7H2. The molecule has 0 radical (unpaired) electrons. The van der Waals surface area contributed by atoms with Gasteiger partial charge < -0.3 is 0 Å². The largest absolute Gasteiger partial charge is 0.289 e. The van der Waals surface area contributed by atoms with Gasteiger partial charge in [-0.25, -0.2) is 0 Å². The molecule has 2 rings (SSSR count). The summed E-state index contributed by atoms with van der Waals surface area (Å²) in [6, 6.07) is 0. The number of likely N-dealkylation sites (tertiary alicyclic amines) is 1. The van der Waals surface area contributed by atoms with Crippen molar-refractivity contribution in [2.24, 2.45) is 0 Å². The van der Waals surface area contributed by atoms with E-state index in [0.29, 0.717) is 12.4 Å². The summed E-state index contributed by atoms with van der Waals surface area (Å²) in [5, 5.41) is -0.0828. The third kappa shape index (κ3) is 2.09. The number of piperidine rings is 1. The van der Waals surface area contributed by atoms with E-state index in [1.807, 2.05) is 0 Å². The molecule has 2 fully saturated rings. The molecule has 0 aliphatic carbocycles. The van der Waals surface area contributed by atoms with Crippen LogP contribution in [0, 0.1) is 0 Å². The van der Waals surface area contributed by atoms with Crippen LogP contribution in [-0.4, -0.2) is 46.5 Å². The molecule has 2 aliphatic heterocycles. The van der Waals surface area contributed by atoms with Crippen molar-refractivity contribution in [3.05, 3.63) is 0 Å². The molecule has 0 aromatic carbocycles. The Labute approximate surface area is 87.6 Å². The fourth-order valence-electron chi connectivity index (χ4n) is 1.82. The third-order valence-corrected chi connectivity index (χ3v) is 3.49. The summed E-state index contributed by atoms with van der Waals surface area (Å²) in [4.78, 5) is 26.2. The van der Waals surface area contributed by atoms with Gasteiger partial charge in [0.2, 0.25) is 5.91 Å². The molecule has 0 atom stereocenters. The normalized spacial score (nSPS) is 24.7. The van der Waals surface area contributed by atoms with Crippen molar-refractivity contribution in [3.63, 3.8) is 0 Å². The molecular weight excluding hydrogens is 200 g/mol. The molecule has 2 aliphatic rings. The first kappa shape index (κ1) is 9.98. The molecule has 0 bridgehead atoms. The zero-order chi connectivity index (χ0) is 9.97. The molecule has 0 saturated carbocycles. The van der Waals surface area contributed by atoms with Gasteiger partial charge in [-0.15, -0.1) is 0 Å². The predicted molar refractivity (Wildman–Crippen MR) is 55.0 cm³/mol. The fraction of sp³-hybridized carbons (Fsp3) is 0.778. The van der Waals surface area contributed by atoms with Crippen LogP contribution in [0.1, 0.15) is 19.3 Å². The summed E-state index contributed by atoms with van der Waals surface area (Å²) in [6.45, 7) is 2.54. The average molecular weight is 214 g/mol. The van der Waals surface area contributed by atoms with Crippen molar-refractivity contribution in [3.8, 4) is 0 Å². The SMILES string of the molecule is O=C1CSC(=O)N1CN1CCCCC1. The van der Waals surface area contributed by atoms with Crippen molar-refractivity contribution >= 4 is 22.9 Å². The topological polar surface area (TPSA) is 40.6 Å². The second-order valence-corrected chi connectivity index (χ2v) is 4.62. The highest BCUT2D eigenvalue weighted by molar-refractivity contribution is 8.14. The highest BCUT2D eigenvalue weighted by Gasteiger charge is 2.31. The lowest BCUT2D eigenvalue weighted by atomic mass is 10.1. The minimum Gasteiger partial charge on any atom is -0.286 e. The van der Waals surface area contributed by atoms with E-state index < -0.39 is 0 Å². The van der Waals surface area contributed by atoms with Crippen LogP contribution in [0.2, 0.25) is 0 Å². The summed E-state index contributed by atoms with van der Waals surface area (Å²) in [6.07, 6.45) is 3.64. The number of carbonyl (C=O) groups excluding carboxylic acids is 2. The molecule has 5 heteroatoms. The molecular formula is C9H14N2O2S. The van der Waals surface area contributed by atoms with Crippen LogP contribution in [0.5, 0.6) is 0 Å². The van der Waals surface area contributed by atoms with Gasteiger partial charge in [0.1, 0.15) is 0 Å². The quantitative estimate of drug-likeness (QED) is 0.691. The lowest BCUT2D eigenvalue weighted by Gasteiger charge is -2.29. The monoisotopic (exact) mass is 214 g/mol. The zero-order valence-corrected chi connectivity index (χ0v) is 8.89. The van der Waals surface area contributed by atoms with Crippen molar-refractivity contribution in [2.45, 2.75) is 19.3 Å². The first-order valence-electron chi connectivity index (χ1n) is 4.97. The van der Waals surface area contributed by atoms with Gasteiger partial charge in [-0.05, 0) is 25.9 Å². The Hall–Kier alpha value is -0.550. The van der Waals surface area contributed by atoms with E-state index in [4.69, 9.17) is 0 Å². The van der Waals surface area contributed by atoms with Crippen LogP contribution < -0.4 is 0 Å². The number of hydrogen-bond donors (Lipinski definition) is 0. The molecule has 2 saturated heterocycles. The molecule has 0 N–H and O–H groups in total. The Kier molecular flexibility index (Phi) is 3.08. The molecule has 0 spiro atoms. The Morgan fingerprint density at radius 2 is 1.86 bits per heavy atom. The Balaban J connectivity index is 1.89. The van der Waals surface area contributed by atoms with Gasteiger partial charge in [0.15, 0.2) is 0 Å². The van der Waals surface area contributed by atoms with Crippen LogP contribution in [-0.2, 0) is 4.79 Å². The lowest BCUT2D eigenvalue weighted by molar-refractivity contribution is -0.126. The number of thioether (sulfide) groups is 1.